The van der Waals surface area contributed by atoms with Crippen LogP contribution in [0.3, 0.4) is 0 Å². The molecule has 0 aromatic rings. The van der Waals surface area contributed by atoms with E-state index in [1.165, 1.54) is 64.2 Å². The standard InChI is InChI=1S/C25H42/c1-2-7-19-12-14-20(15-13-19)16-17-25-23-10-5-3-8-21(23)18-22-9-4-6-11-24(22)25/h16-17,19-25H,2-15,18H2,1H3/b17-16+. The van der Waals surface area contributed by atoms with Gasteiger partial charge in [0.1, 0.15) is 0 Å². The molecule has 142 valence electrons. The summed E-state index contributed by atoms with van der Waals surface area (Å²) in [7, 11) is 0. The highest BCUT2D eigenvalue weighted by molar-refractivity contribution is 5.05. The van der Waals surface area contributed by atoms with Gasteiger partial charge in [0, 0.05) is 0 Å². The maximum atomic E-state index is 2.80. The van der Waals surface area contributed by atoms with E-state index in [2.05, 4.69) is 19.1 Å². The zero-order valence-corrected chi connectivity index (χ0v) is 16.8. The van der Waals surface area contributed by atoms with Crippen molar-refractivity contribution in [1.82, 2.24) is 0 Å². The summed E-state index contributed by atoms with van der Waals surface area (Å²) in [5.41, 5.74) is 0. The first-order valence-corrected chi connectivity index (χ1v) is 12.0. The van der Waals surface area contributed by atoms with Crippen LogP contribution in [0.25, 0.3) is 0 Å². The molecule has 0 amide bonds. The van der Waals surface area contributed by atoms with Gasteiger partial charge in [-0.05, 0) is 86.4 Å². The monoisotopic (exact) mass is 342 g/mol. The lowest BCUT2D eigenvalue weighted by atomic mass is 9.55. The van der Waals surface area contributed by atoms with Gasteiger partial charge in [0.15, 0.2) is 0 Å². The second kappa shape index (κ2) is 8.62. The third-order valence-electron chi connectivity index (χ3n) is 8.72. The van der Waals surface area contributed by atoms with Crippen LogP contribution in [0.2, 0.25) is 0 Å². The van der Waals surface area contributed by atoms with Crippen molar-refractivity contribution in [3.8, 4) is 0 Å². The Kier molecular flexibility index (Phi) is 6.25. The molecule has 0 bridgehead atoms. The third-order valence-corrected chi connectivity index (χ3v) is 8.72. The number of fused-ring (bicyclic) bond motifs is 2. The summed E-state index contributed by atoms with van der Waals surface area (Å²) in [5, 5.41) is 0. The molecular weight excluding hydrogens is 300 g/mol. The molecule has 0 aliphatic heterocycles. The molecule has 4 unspecified atom stereocenters. The van der Waals surface area contributed by atoms with Gasteiger partial charge >= 0.3 is 0 Å². The topological polar surface area (TPSA) is 0 Å². The number of hydrogen-bond donors (Lipinski definition) is 0. The number of allylic oxidation sites excluding steroid dienone is 2. The predicted octanol–water partition coefficient (Wildman–Crippen LogP) is 7.78. The minimum absolute atomic E-state index is 0.916. The first-order valence-electron chi connectivity index (χ1n) is 12.0. The summed E-state index contributed by atoms with van der Waals surface area (Å²) in [4.78, 5) is 0. The molecule has 0 heterocycles. The van der Waals surface area contributed by atoms with E-state index in [9.17, 15) is 0 Å². The van der Waals surface area contributed by atoms with Crippen molar-refractivity contribution in [1.29, 1.82) is 0 Å². The molecule has 4 aliphatic carbocycles. The van der Waals surface area contributed by atoms with Gasteiger partial charge in [0.2, 0.25) is 0 Å². The highest BCUT2D eigenvalue weighted by Crippen LogP contribution is 2.53. The van der Waals surface area contributed by atoms with Crippen LogP contribution in [0, 0.1) is 41.4 Å². The van der Waals surface area contributed by atoms with Crippen LogP contribution in [0.15, 0.2) is 12.2 Å². The Labute approximate surface area is 157 Å². The van der Waals surface area contributed by atoms with Gasteiger partial charge in [-0.25, -0.2) is 0 Å². The minimum atomic E-state index is 0.916. The molecule has 4 atom stereocenters. The Balaban J connectivity index is 1.41. The van der Waals surface area contributed by atoms with Gasteiger partial charge in [-0.15, -0.1) is 0 Å². The summed E-state index contributed by atoms with van der Waals surface area (Å²) in [5.74, 6) is 7.21. The molecule has 4 fully saturated rings. The minimum Gasteiger partial charge on any atom is -0.0851 e. The van der Waals surface area contributed by atoms with E-state index in [0.717, 1.165) is 41.4 Å². The Bertz CT molecular complexity index is 405. The zero-order valence-electron chi connectivity index (χ0n) is 16.8. The third kappa shape index (κ3) is 4.19. The van der Waals surface area contributed by atoms with E-state index in [-0.39, 0.29) is 0 Å². The second-order valence-corrected chi connectivity index (χ2v) is 10.2. The highest BCUT2D eigenvalue weighted by atomic mass is 14.5. The van der Waals surface area contributed by atoms with E-state index in [4.69, 9.17) is 0 Å². The van der Waals surface area contributed by atoms with Crippen molar-refractivity contribution in [2.24, 2.45) is 41.4 Å². The van der Waals surface area contributed by atoms with Crippen LogP contribution in [0.5, 0.6) is 0 Å². The van der Waals surface area contributed by atoms with Crippen molar-refractivity contribution < 1.29 is 0 Å². The molecular formula is C25H42. The van der Waals surface area contributed by atoms with Gasteiger partial charge in [-0.2, -0.15) is 0 Å². The van der Waals surface area contributed by atoms with E-state index >= 15 is 0 Å². The van der Waals surface area contributed by atoms with E-state index < -0.39 is 0 Å². The van der Waals surface area contributed by atoms with E-state index in [0.29, 0.717) is 0 Å². The van der Waals surface area contributed by atoms with Crippen LogP contribution < -0.4 is 0 Å². The zero-order chi connectivity index (χ0) is 17.1. The van der Waals surface area contributed by atoms with Gasteiger partial charge < -0.3 is 0 Å². The molecule has 25 heavy (non-hydrogen) atoms. The van der Waals surface area contributed by atoms with E-state index in [1.54, 1.807) is 32.1 Å². The maximum Gasteiger partial charge on any atom is -0.0171 e. The molecule has 0 radical (unpaired) electrons. The summed E-state index contributed by atoms with van der Waals surface area (Å²) in [6, 6.07) is 0. The Morgan fingerprint density at radius 2 is 1.28 bits per heavy atom. The van der Waals surface area contributed by atoms with Crippen molar-refractivity contribution in [3.63, 3.8) is 0 Å². The summed E-state index contributed by atoms with van der Waals surface area (Å²) < 4.78 is 0. The number of hydrogen-bond acceptors (Lipinski definition) is 0. The van der Waals surface area contributed by atoms with Crippen LogP contribution in [-0.2, 0) is 0 Å². The molecule has 4 rings (SSSR count). The fraction of sp³-hybridized carbons (Fsp3) is 0.920. The molecule has 0 aromatic heterocycles. The fourth-order valence-electron chi connectivity index (χ4n) is 7.43. The van der Waals surface area contributed by atoms with Crippen LogP contribution in [0.4, 0.5) is 0 Å². The highest BCUT2D eigenvalue weighted by Gasteiger charge is 2.44. The van der Waals surface area contributed by atoms with Crippen LogP contribution in [-0.4, -0.2) is 0 Å². The van der Waals surface area contributed by atoms with Crippen molar-refractivity contribution in [3.05, 3.63) is 12.2 Å². The lowest BCUT2D eigenvalue weighted by molar-refractivity contribution is 0.0113. The SMILES string of the molecule is CCCC1CCC(/C=C/C2C3CCCCC3CC3CCCCC32)CC1. The molecule has 4 aliphatic rings. The summed E-state index contributed by atoms with van der Waals surface area (Å²) >= 11 is 0. The first kappa shape index (κ1) is 18.1. The smallest absolute Gasteiger partial charge is 0.0171 e. The van der Waals surface area contributed by atoms with Crippen molar-refractivity contribution in [2.75, 3.05) is 0 Å². The maximum absolute atomic E-state index is 2.80. The summed E-state index contributed by atoms with van der Waals surface area (Å²) in [6.45, 7) is 2.36. The molecule has 0 spiro atoms. The molecule has 0 heteroatoms. The molecule has 4 saturated carbocycles. The summed E-state index contributed by atoms with van der Waals surface area (Å²) in [6.07, 6.45) is 28.3. The lowest BCUT2D eigenvalue weighted by Gasteiger charge is -2.50. The first-order chi connectivity index (χ1) is 12.3. The van der Waals surface area contributed by atoms with Crippen molar-refractivity contribution in [2.45, 2.75) is 103 Å². The molecule has 0 nitrogen and oxygen atoms in total. The second-order valence-electron chi connectivity index (χ2n) is 10.2. The van der Waals surface area contributed by atoms with Gasteiger partial charge in [-0.1, -0.05) is 70.4 Å². The van der Waals surface area contributed by atoms with Crippen molar-refractivity contribution >= 4 is 0 Å². The molecule has 0 saturated heterocycles. The normalized spacial score (nSPS) is 45.1. The Morgan fingerprint density at radius 3 is 1.88 bits per heavy atom. The average molecular weight is 343 g/mol. The Hall–Kier alpha value is -0.260. The van der Waals surface area contributed by atoms with Crippen LogP contribution >= 0.6 is 0 Å². The van der Waals surface area contributed by atoms with Gasteiger partial charge in [-0.3, -0.25) is 0 Å². The largest absolute Gasteiger partial charge is 0.0851 e. The number of rotatable bonds is 4. The van der Waals surface area contributed by atoms with E-state index in [1.807, 2.05) is 0 Å². The van der Waals surface area contributed by atoms with Gasteiger partial charge in [0.25, 0.3) is 0 Å². The predicted molar refractivity (Wildman–Crippen MR) is 108 cm³/mol. The van der Waals surface area contributed by atoms with Gasteiger partial charge in [0.05, 0.1) is 0 Å². The average Bonchev–Trinajstić information content (AvgIpc) is 2.66. The lowest BCUT2D eigenvalue weighted by Crippen LogP contribution is -2.42. The Morgan fingerprint density at radius 1 is 0.680 bits per heavy atom. The van der Waals surface area contributed by atoms with Crippen LogP contribution in [0.1, 0.15) is 103 Å². The quantitative estimate of drug-likeness (QED) is 0.457. The molecule has 0 aromatic carbocycles. The fourth-order valence-corrected chi connectivity index (χ4v) is 7.43. The molecule has 0 N–H and O–H groups in total.